The predicted molar refractivity (Wildman–Crippen MR) is 71.4 cm³/mol. The largest absolute Gasteiger partial charge is 0.455 e. The molecule has 1 aromatic heterocycles. The molecule has 0 saturated carbocycles. The summed E-state index contributed by atoms with van der Waals surface area (Å²) in [5.41, 5.74) is 5.38. The highest BCUT2D eigenvalue weighted by Gasteiger charge is 2.10. The second-order valence-electron chi connectivity index (χ2n) is 4.67. The van der Waals surface area contributed by atoms with E-state index in [2.05, 4.69) is 10.6 Å². The molecule has 0 aromatic carbocycles. The van der Waals surface area contributed by atoms with Gasteiger partial charge in [0.05, 0.1) is 6.54 Å². The number of carbonyl (C=O) groups excluding carboxylic acids is 2. The summed E-state index contributed by atoms with van der Waals surface area (Å²) >= 11 is 0. The van der Waals surface area contributed by atoms with Crippen LogP contribution in [0.5, 0.6) is 0 Å². The molecule has 106 valence electrons. The molecule has 4 N–H and O–H groups in total. The first-order valence-electron chi connectivity index (χ1n) is 6.36. The molecule has 6 heteroatoms. The van der Waals surface area contributed by atoms with Crippen molar-refractivity contribution in [1.82, 2.24) is 10.6 Å². The zero-order valence-corrected chi connectivity index (χ0v) is 11.4. The molecule has 0 saturated heterocycles. The highest BCUT2D eigenvalue weighted by Crippen LogP contribution is 2.06. The van der Waals surface area contributed by atoms with Crippen LogP contribution in [0.25, 0.3) is 0 Å². The summed E-state index contributed by atoms with van der Waals surface area (Å²) in [6.07, 6.45) is 0.253. The quantitative estimate of drug-likeness (QED) is 0.675. The van der Waals surface area contributed by atoms with Crippen LogP contribution < -0.4 is 16.4 Å². The Morgan fingerprint density at radius 3 is 2.63 bits per heavy atom. The lowest BCUT2D eigenvalue weighted by Crippen LogP contribution is -2.32. The van der Waals surface area contributed by atoms with Crippen molar-refractivity contribution < 1.29 is 14.0 Å². The number of furan rings is 1. The maximum Gasteiger partial charge on any atom is 0.287 e. The molecule has 1 rings (SSSR count). The first-order chi connectivity index (χ1) is 9.02. The molecule has 0 aliphatic carbocycles. The number of amides is 2. The third-order valence-electron chi connectivity index (χ3n) is 2.43. The van der Waals surface area contributed by atoms with Crippen LogP contribution in [-0.2, 0) is 11.3 Å². The van der Waals surface area contributed by atoms with Crippen molar-refractivity contribution in [3.8, 4) is 0 Å². The first kappa shape index (κ1) is 15.2. The van der Waals surface area contributed by atoms with E-state index in [-0.39, 0.29) is 37.1 Å². The number of hydrogen-bond acceptors (Lipinski definition) is 4. The van der Waals surface area contributed by atoms with E-state index < -0.39 is 0 Å². The van der Waals surface area contributed by atoms with Crippen LogP contribution in [0, 0.1) is 5.92 Å². The van der Waals surface area contributed by atoms with E-state index in [0.29, 0.717) is 18.2 Å². The number of rotatable bonds is 7. The summed E-state index contributed by atoms with van der Waals surface area (Å²) in [4.78, 5) is 23.1. The smallest absolute Gasteiger partial charge is 0.287 e. The Kier molecular flexibility index (Phi) is 6.08. The van der Waals surface area contributed by atoms with E-state index in [1.165, 1.54) is 0 Å². The van der Waals surface area contributed by atoms with E-state index in [4.69, 9.17) is 10.2 Å². The second kappa shape index (κ2) is 7.58. The van der Waals surface area contributed by atoms with Crippen LogP contribution in [0.1, 0.15) is 36.6 Å². The Bertz CT molecular complexity index is 427. The topological polar surface area (TPSA) is 97.4 Å². The van der Waals surface area contributed by atoms with Gasteiger partial charge in [-0.15, -0.1) is 0 Å². The van der Waals surface area contributed by atoms with Gasteiger partial charge >= 0.3 is 0 Å². The fraction of sp³-hybridized carbons (Fsp3) is 0.538. The molecule has 2 amide bonds. The summed E-state index contributed by atoms with van der Waals surface area (Å²) in [5.74, 6) is 0.770. The van der Waals surface area contributed by atoms with Crippen molar-refractivity contribution >= 4 is 11.8 Å². The van der Waals surface area contributed by atoms with E-state index in [1.807, 2.05) is 13.8 Å². The minimum absolute atomic E-state index is 0.0731. The van der Waals surface area contributed by atoms with Crippen molar-refractivity contribution in [3.05, 3.63) is 23.7 Å². The molecule has 0 spiro atoms. The molecule has 0 radical (unpaired) electrons. The highest BCUT2D eigenvalue weighted by atomic mass is 16.4. The standard InChI is InChI=1S/C13H21N3O3/c1-9(2)8-16-12(17)5-6-15-13(18)11-4-3-10(7-14)19-11/h3-4,9H,5-8,14H2,1-2H3,(H,15,18)(H,16,17). The summed E-state index contributed by atoms with van der Waals surface area (Å²) in [6.45, 7) is 5.22. The maximum atomic E-state index is 11.6. The number of nitrogens with two attached hydrogens (primary N) is 1. The van der Waals surface area contributed by atoms with Gasteiger partial charge in [0, 0.05) is 19.5 Å². The Balaban J connectivity index is 2.25. The van der Waals surface area contributed by atoms with E-state index in [1.54, 1.807) is 12.1 Å². The fourth-order valence-electron chi connectivity index (χ4n) is 1.39. The van der Waals surface area contributed by atoms with Gasteiger partial charge in [-0.3, -0.25) is 9.59 Å². The molecule has 0 unspecified atom stereocenters. The van der Waals surface area contributed by atoms with Gasteiger partial charge in [0.1, 0.15) is 5.76 Å². The average molecular weight is 267 g/mol. The van der Waals surface area contributed by atoms with Crippen molar-refractivity contribution in [1.29, 1.82) is 0 Å². The first-order valence-corrected chi connectivity index (χ1v) is 6.36. The van der Waals surface area contributed by atoms with Crippen molar-refractivity contribution in [2.75, 3.05) is 13.1 Å². The van der Waals surface area contributed by atoms with Crippen LogP contribution in [0.2, 0.25) is 0 Å². The lowest BCUT2D eigenvalue weighted by Gasteiger charge is -2.07. The van der Waals surface area contributed by atoms with Crippen LogP contribution >= 0.6 is 0 Å². The van der Waals surface area contributed by atoms with Gasteiger partial charge in [0.2, 0.25) is 5.91 Å². The zero-order chi connectivity index (χ0) is 14.3. The summed E-state index contributed by atoms with van der Waals surface area (Å²) in [5, 5.41) is 5.40. The second-order valence-corrected chi connectivity index (χ2v) is 4.67. The van der Waals surface area contributed by atoms with E-state index in [9.17, 15) is 9.59 Å². The van der Waals surface area contributed by atoms with Gasteiger partial charge in [0.25, 0.3) is 5.91 Å². The van der Waals surface area contributed by atoms with Crippen LogP contribution in [0.4, 0.5) is 0 Å². The van der Waals surface area contributed by atoms with Crippen LogP contribution in [0.15, 0.2) is 16.5 Å². The molecule has 0 atom stereocenters. The molecule has 0 aliphatic heterocycles. The predicted octanol–water partition coefficient (Wildman–Crippen LogP) is 0.630. The van der Waals surface area contributed by atoms with Gasteiger partial charge in [-0.25, -0.2) is 0 Å². The van der Waals surface area contributed by atoms with Gasteiger partial charge < -0.3 is 20.8 Å². The SMILES string of the molecule is CC(C)CNC(=O)CCNC(=O)c1ccc(CN)o1. The molecule has 6 nitrogen and oxygen atoms in total. The minimum Gasteiger partial charge on any atom is -0.455 e. The summed E-state index contributed by atoms with van der Waals surface area (Å²) < 4.78 is 5.19. The van der Waals surface area contributed by atoms with Gasteiger partial charge in [0.15, 0.2) is 5.76 Å². The third-order valence-corrected chi connectivity index (χ3v) is 2.43. The monoisotopic (exact) mass is 267 g/mol. The molecular weight excluding hydrogens is 246 g/mol. The maximum absolute atomic E-state index is 11.6. The Hall–Kier alpha value is -1.82. The minimum atomic E-state index is -0.337. The highest BCUT2D eigenvalue weighted by molar-refractivity contribution is 5.91. The van der Waals surface area contributed by atoms with E-state index >= 15 is 0 Å². The fourth-order valence-corrected chi connectivity index (χ4v) is 1.39. The molecule has 19 heavy (non-hydrogen) atoms. The number of hydrogen-bond donors (Lipinski definition) is 3. The van der Waals surface area contributed by atoms with Crippen molar-refractivity contribution in [2.45, 2.75) is 26.8 Å². The molecular formula is C13H21N3O3. The molecule has 1 heterocycles. The lowest BCUT2D eigenvalue weighted by atomic mass is 10.2. The zero-order valence-electron chi connectivity index (χ0n) is 11.4. The number of carbonyl (C=O) groups is 2. The third kappa shape index (κ3) is 5.56. The van der Waals surface area contributed by atoms with Crippen LogP contribution in [0.3, 0.4) is 0 Å². The van der Waals surface area contributed by atoms with Crippen molar-refractivity contribution in [3.63, 3.8) is 0 Å². The van der Waals surface area contributed by atoms with E-state index in [0.717, 1.165) is 0 Å². The number of nitrogens with one attached hydrogen (secondary N) is 2. The van der Waals surface area contributed by atoms with Crippen molar-refractivity contribution in [2.24, 2.45) is 11.7 Å². The molecule has 0 fully saturated rings. The molecule has 0 bridgehead atoms. The summed E-state index contributed by atoms with van der Waals surface area (Å²) in [7, 11) is 0. The molecule has 1 aromatic rings. The van der Waals surface area contributed by atoms with Gasteiger partial charge in [-0.2, -0.15) is 0 Å². The van der Waals surface area contributed by atoms with Gasteiger partial charge in [-0.05, 0) is 18.1 Å². The summed E-state index contributed by atoms with van der Waals surface area (Å²) in [6, 6.07) is 3.22. The van der Waals surface area contributed by atoms with Crippen LogP contribution in [-0.4, -0.2) is 24.9 Å². The normalized spacial score (nSPS) is 10.5. The molecule has 0 aliphatic rings. The van der Waals surface area contributed by atoms with Gasteiger partial charge in [-0.1, -0.05) is 13.8 Å². The lowest BCUT2D eigenvalue weighted by molar-refractivity contribution is -0.121. The Morgan fingerprint density at radius 2 is 2.05 bits per heavy atom. The average Bonchev–Trinajstić information content (AvgIpc) is 2.85. The Labute approximate surface area is 112 Å². The Morgan fingerprint density at radius 1 is 1.32 bits per heavy atom.